The van der Waals surface area contributed by atoms with Gasteiger partial charge in [-0.3, -0.25) is 0 Å². The first-order valence-corrected chi connectivity index (χ1v) is 7.50. The molecular formula is C14H17IO3. The van der Waals surface area contributed by atoms with Crippen LogP contribution in [0.25, 0.3) is 0 Å². The number of hydrogen-bond donors (Lipinski definition) is 1. The van der Waals surface area contributed by atoms with E-state index in [2.05, 4.69) is 22.6 Å². The van der Waals surface area contributed by atoms with E-state index >= 15 is 0 Å². The third-order valence-corrected chi connectivity index (χ3v) is 6.12. The van der Waals surface area contributed by atoms with Crippen molar-refractivity contribution in [3.05, 3.63) is 23.3 Å². The van der Waals surface area contributed by atoms with Crippen molar-refractivity contribution in [2.75, 3.05) is 14.2 Å². The molecule has 18 heavy (non-hydrogen) atoms. The first kappa shape index (κ1) is 12.5. The van der Waals surface area contributed by atoms with Gasteiger partial charge in [-0.05, 0) is 25.0 Å². The van der Waals surface area contributed by atoms with Gasteiger partial charge in [-0.25, -0.2) is 0 Å². The molecule has 0 heterocycles. The van der Waals surface area contributed by atoms with E-state index < -0.39 is 6.10 Å². The minimum Gasteiger partial charge on any atom is -0.496 e. The predicted molar refractivity (Wildman–Crippen MR) is 77.8 cm³/mol. The van der Waals surface area contributed by atoms with E-state index in [1.54, 1.807) is 14.2 Å². The van der Waals surface area contributed by atoms with Gasteiger partial charge < -0.3 is 14.6 Å². The molecule has 1 unspecified atom stereocenters. The molecule has 1 aromatic carbocycles. The van der Waals surface area contributed by atoms with Crippen molar-refractivity contribution in [1.82, 2.24) is 0 Å². The van der Waals surface area contributed by atoms with Crippen molar-refractivity contribution < 1.29 is 14.6 Å². The molecule has 4 atom stereocenters. The largest absolute Gasteiger partial charge is 0.496 e. The molecule has 1 fully saturated rings. The summed E-state index contributed by atoms with van der Waals surface area (Å²) in [7, 11) is 3.35. The summed E-state index contributed by atoms with van der Waals surface area (Å²) >= 11 is 2.48. The fraction of sp³-hybridized carbons (Fsp3) is 0.571. The third kappa shape index (κ3) is 1.58. The standard InChI is InChI=1S/C14H17IO3/c1-17-9-5-6-10(18-2)12-11(9)7-3-4-8(13(7)15)14(12)16/h5-8,13-14,16H,3-4H2,1-2H3/t7-,8-,13?,14+/m1/s1. The number of methoxy groups -OCH3 is 2. The van der Waals surface area contributed by atoms with Gasteiger partial charge in [-0.2, -0.15) is 0 Å². The second-order valence-electron chi connectivity index (χ2n) is 5.03. The van der Waals surface area contributed by atoms with Crippen molar-refractivity contribution in [2.45, 2.75) is 28.8 Å². The Balaban J connectivity index is 2.24. The molecule has 0 aromatic heterocycles. The first-order chi connectivity index (χ1) is 8.69. The highest BCUT2D eigenvalue weighted by Gasteiger charge is 2.48. The molecule has 98 valence electrons. The van der Waals surface area contributed by atoms with Crippen LogP contribution in [0.2, 0.25) is 0 Å². The molecule has 0 radical (unpaired) electrons. The number of fused-ring (bicyclic) bond motifs is 4. The monoisotopic (exact) mass is 360 g/mol. The second kappa shape index (κ2) is 4.56. The van der Waals surface area contributed by atoms with Crippen LogP contribution in [0.1, 0.15) is 36.0 Å². The molecule has 2 aliphatic rings. The average molecular weight is 360 g/mol. The smallest absolute Gasteiger partial charge is 0.125 e. The van der Waals surface area contributed by atoms with Crippen LogP contribution in [0.15, 0.2) is 12.1 Å². The minimum absolute atomic E-state index is 0.351. The summed E-state index contributed by atoms with van der Waals surface area (Å²) in [5.74, 6) is 2.51. The van der Waals surface area contributed by atoms with Crippen molar-refractivity contribution in [1.29, 1.82) is 0 Å². The topological polar surface area (TPSA) is 38.7 Å². The van der Waals surface area contributed by atoms with Crippen LogP contribution in [-0.2, 0) is 0 Å². The second-order valence-corrected chi connectivity index (χ2v) is 6.47. The van der Waals surface area contributed by atoms with Gasteiger partial charge in [0, 0.05) is 26.9 Å². The van der Waals surface area contributed by atoms with Gasteiger partial charge in [-0.1, -0.05) is 22.6 Å². The summed E-state index contributed by atoms with van der Waals surface area (Å²) in [6.45, 7) is 0. The number of alkyl halides is 1. The molecule has 1 aromatic rings. The number of benzene rings is 1. The average Bonchev–Trinajstić information content (AvgIpc) is 2.69. The van der Waals surface area contributed by atoms with Gasteiger partial charge in [0.1, 0.15) is 11.5 Å². The highest BCUT2D eigenvalue weighted by Crippen LogP contribution is 2.58. The van der Waals surface area contributed by atoms with Crippen molar-refractivity contribution in [3.63, 3.8) is 0 Å². The van der Waals surface area contributed by atoms with E-state index in [4.69, 9.17) is 9.47 Å². The first-order valence-electron chi connectivity index (χ1n) is 6.26. The van der Waals surface area contributed by atoms with Crippen molar-refractivity contribution in [2.24, 2.45) is 5.92 Å². The maximum Gasteiger partial charge on any atom is 0.125 e. The molecule has 0 amide bonds. The number of hydrogen-bond acceptors (Lipinski definition) is 3. The number of aliphatic hydroxyl groups is 1. The number of ether oxygens (including phenoxy) is 2. The molecule has 2 aliphatic carbocycles. The van der Waals surface area contributed by atoms with Gasteiger partial charge in [0.2, 0.25) is 0 Å². The van der Waals surface area contributed by atoms with Gasteiger partial charge in [-0.15, -0.1) is 0 Å². The molecule has 2 bridgehead atoms. The number of halogens is 1. The Morgan fingerprint density at radius 1 is 1.11 bits per heavy atom. The van der Waals surface area contributed by atoms with Crippen LogP contribution in [0.3, 0.4) is 0 Å². The number of rotatable bonds is 2. The lowest BCUT2D eigenvalue weighted by Crippen LogP contribution is -2.27. The molecular weight excluding hydrogens is 343 g/mol. The van der Waals surface area contributed by atoms with E-state index in [0.29, 0.717) is 15.8 Å². The zero-order valence-corrected chi connectivity index (χ0v) is 12.7. The highest BCUT2D eigenvalue weighted by molar-refractivity contribution is 14.1. The fourth-order valence-electron chi connectivity index (χ4n) is 3.48. The Labute approximate surface area is 121 Å². The molecule has 1 N–H and O–H groups in total. The summed E-state index contributed by atoms with van der Waals surface area (Å²) < 4.78 is 11.4. The van der Waals surface area contributed by atoms with Gasteiger partial charge in [0.05, 0.1) is 20.3 Å². The van der Waals surface area contributed by atoms with E-state index in [9.17, 15) is 5.11 Å². The summed E-state index contributed by atoms with van der Waals surface area (Å²) in [6.07, 6.45) is 1.79. The third-order valence-electron chi connectivity index (χ3n) is 4.32. The van der Waals surface area contributed by atoms with E-state index in [-0.39, 0.29) is 0 Å². The van der Waals surface area contributed by atoms with E-state index in [1.165, 1.54) is 0 Å². The maximum atomic E-state index is 10.6. The molecule has 0 aliphatic heterocycles. The van der Waals surface area contributed by atoms with E-state index in [0.717, 1.165) is 35.5 Å². The van der Waals surface area contributed by atoms with Crippen LogP contribution in [0, 0.1) is 5.92 Å². The Morgan fingerprint density at radius 2 is 1.72 bits per heavy atom. The number of aliphatic hydroxyl groups excluding tert-OH is 1. The summed E-state index contributed by atoms with van der Waals surface area (Å²) in [5, 5.41) is 10.6. The molecule has 0 saturated heterocycles. The fourth-order valence-corrected chi connectivity index (χ4v) is 4.95. The molecule has 1 saturated carbocycles. The Morgan fingerprint density at radius 3 is 2.33 bits per heavy atom. The zero-order valence-electron chi connectivity index (χ0n) is 10.5. The van der Waals surface area contributed by atoms with Crippen molar-refractivity contribution >= 4 is 22.6 Å². The lowest BCUT2D eigenvalue weighted by Gasteiger charge is -2.34. The maximum absolute atomic E-state index is 10.6. The summed E-state index contributed by atoms with van der Waals surface area (Å²) in [6, 6.07) is 3.85. The van der Waals surface area contributed by atoms with Gasteiger partial charge in [0.25, 0.3) is 0 Å². The van der Waals surface area contributed by atoms with Crippen molar-refractivity contribution in [3.8, 4) is 11.5 Å². The SMILES string of the molecule is COc1ccc(OC)c2c1[C@H]1CC[C@H](C1I)[C@@H]2O. The van der Waals surface area contributed by atoms with Gasteiger partial charge in [0.15, 0.2) is 0 Å². The molecule has 3 rings (SSSR count). The van der Waals surface area contributed by atoms with E-state index in [1.807, 2.05) is 12.1 Å². The van der Waals surface area contributed by atoms with Crippen LogP contribution in [0.5, 0.6) is 11.5 Å². The normalized spacial score (nSPS) is 33.1. The molecule has 4 heteroatoms. The molecule has 3 nitrogen and oxygen atoms in total. The zero-order chi connectivity index (χ0) is 12.9. The predicted octanol–water partition coefficient (Wildman–Crippen LogP) is 3.05. The quantitative estimate of drug-likeness (QED) is 0.651. The Hall–Kier alpha value is -0.490. The summed E-state index contributed by atoms with van der Waals surface area (Å²) in [4.78, 5) is 0. The van der Waals surface area contributed by atoms with Crippen LogP contribution >= 0.6 is 22.6 Å². The lowest BCUT2D eigenvalue weighted by atomic mass is 9.80. The van der Waals surface area contributed by atoms with Crippen LogP contribution < -0.4 is 9.47 Å². The molecule has 0 spiro atoms. The van der Waals surface area contributed by atoms with Crippen LogP contribution in [0.4, 0.5) is 0 Å². The Kier molecular flexibility index (Phi) is 3.18. The minimum atomic E-state index is -0.425. The highest BCUT2D eigenvalue weighted by atomic mass is 127. The lowest BCUT2D eigenvalue weighted by molar-refractivity contribution is 0.105. The Bertz CT molecular complexity index is 474. The van der Waals surface area contributed by atoms with Gasteiger partial charge >= 0.3 is 0 Å². The van der Waals surface area contributed by atoms with Crippen LogP contribution in [-0.4, -0.2) is 23.3 Å². The summed E-state index contributed by atoms with van der Waals surface area (Å²) in [5.41, 5.74) is 2.12.